The summed E-state index contributed by atoms with van der Waals surface area (Å²) >= 11 is 0. The van der Waals surface area contributed by atoms with E-state index in [0.717, 1.165) is 6.08 Å². The molecule has 0 saturated heterocycles. The number of rotatable bonds is 4. The van der Waals surface area contributed by atoms with Gasteiger partial charge in [0, 0.05) is 6.08 Å². The maximum atomic E-state index is 11.5. The highest BCUT2D eigenvalue weighted by Crippen LogP contribution is 2.09. The Balaban J connectivity index is 4.46. The van der Waals surface area contributed by atoms with Crippen LogP contribution in [0.25, 0.3) is 0 Å². The molecule has 0 radical (unpaired) electrons. The number of carboxylic acid groups (broad SMARTS) is 1. The second-order valence-electron chi connectivity index (χ2n) is 5.11. The fourth-order valence-corrected chi connectivity index (χ4v) is 1.07. The molecule has 0 saturated carbocycles. The van der Waals surface area contributed by atoms with Gasteiger partial charge in [-0.25, -0.2) is 9.59 Å². The Labute approximate surface area is 102 Å². The molecule has 0 aromatic carbocycles. The van der Waals surface area contributed by atoms with Crippen molar-refractivity contribution in [3.8, 4) is 0 Å². The van der Waals surface area contributed by atoms with Crippen molar-refractivity contribution in [3.63, 3.8) is 0 Å². The molecule has 0 fully saturated rings. The van der Waals surface area contributed by atoms with E-state index in [1.54, 1.807) is 20.8 Å². The van der Waals surface area contributed by atoms with E-state index in [-0.39, 0.29) is 12.0 Å². The average Bonchev–Trinajstić information content (AvgIpc) is 2.08. The van der Waals surface area contributed by atoms with E-state index >= 15 is 0 Å². The van der Waals surface area contributed by atoms with Gasteiger partial charge < -0.3 is 15.2 Å². The topological polar surface area (TPSA) is 75.6 Å². The Morgan fingerprint density at radius 2 is 1.82 bits per heavy atom. The lowest BCUT2D eigenvalue weighted by atomic mass is 10.0. The van der Waals surface area contributed by atoms with Gasteiger partial charge >= 0.3 is 12.1 Å². The number of aliphatic carboxylic acids is 1. The van der Waals surface area contributed by atoms with Crippen LogP contribution in [0.2, 0.25) is 0 Å². The molecule has 0 bridgehead atoms. The first-order valence-corrected chi connectivity index (χ1v) is 5.52. The van der Waals surface area contributed by atoms with Gasteiger partial charge in [0.25, 0.3) is 0 Å². The predicted molar refractivity (Wildman–Crippen MR) is 64.8 cm³/mol. The van der Waals surface area contributed by atoms with E-state index in [1.165, 1.54) is 6.08 Å². The third-order valence-electron chi connectivity index (χ3n) is 1.85. The van der Waals surface area contributed by atoms with Crippen LogP contribution in [-0.2, 0) is 9.53 Å². The Kier molecular flexibility index (Phi) is 5.71. The van der Waals surface area contributed by atoms with Crippen molar-refractivity contribution < 1.29 is 19.4 Å². The monoisotopic (exact) mass is 243 g/mol. The highest BCUT2D eigenvalue weighted by Gasteiger charge is 2.19. The summed E-state index contributed by atoms with van der Waals surface area (Å²) in [5.74, 6) is -0.959. The number of ether oxygens (including phenoxy) is 1. The van der Waals surface area contributed by atoms with Crippen LogP contribution in [0.3, 0.4) is 0 Å². The van der Waals surface area contributed by atoms with Crippen LogP contribution in [0.5, 0.6) is 0 Å². The Hall–Kier alpha value is -1.52. The minimum absolute atomic E-state index is 0.0816. The molecule has 98 valence electrons. The molecule has 0 aliphatic heterocycles. The molecular weight excluding hydrogens is 222 g/mol. The fourth-order valence-electron chi connectivity index (χ4n) is 1.07. The van der Waals surface area contributed by atoms with Crippen molar-refractivity contribution in [2.45, 2.75) is 46.3 Å². The molecule has 0 heterocycles. The second kappa shape index (κ2) is 6.27. The first-order chi connectivity index (χ1) is 7.61. The van der Waals surface area contributed by atoms with E-state index in [0.29, 0.717) is 0 Å². The summed E-state index contributed by atoms with van der Waals surface area (Å²) in [7, 11) is 0. The number of hydrogen-bond donors (Lipinski definition) is 2. The summed E-state index contributed by atoms with van der Waals surface area (Å²) in [5.41, 5.74) is -0.567. The first-order valence-electron chi connectivity index (χ1n) is 5.52. The predicted octanol–water partition coefficient (Wildman–Crippen LogP) is 2.18. The van der Waals surface area contributed by atoms with Gasteiger partial charge in [0.15, 0.2) is 0 Å². The van der Waals surface area contributed by atoms with E-state index in [2.05, 4.69) is 5.32 Å². The summed E-state index contributed by atoms with van der Waals surface area (Å²) in [4.78, 5) is 21.9. The summed E-state index contributed by atoms with van der Waals surface area (Å²) in [6, 6.07) is -0.360. The minimum Gasteiger partial charge on any atom is -0.478 e. The Morgan fingerprint density at radius 1 is 1.29 bits per heavy atom. The molecule has 1 atom stereocenters. The lowest BCUT2D eigenvalue weighted by molar-refractivity contribution is -0.131. The highest BCUT2D eigenvalue weighted by atomic mass is 16.6. The maximum absolute atomic E-state index is 11.5. The Bertz CT molecular complexity index is 302. The third kappa shape index (κ3) is 8.30. The lowest BCUT2D eigenvalue weighted by Crippen LogP contribution is -2.40. The molecule has 1 amide bonds. The van der Waals surface area contributed by atoms with Crippen LogP contribution in [-0.4, -0.2) is 28.8 Å². The van der Waals surface area contributed by atoms with Gasteiger partial charge in [0.2, 0.25) is 0 Å². The minimum atomic E-state index is -1.04. The fraction of sp³-hybridized carbons (Fsp3) is 0.667. The normalized spacial score (nSPS) is 13.8. The van der Waals surface area contributed by atoms with Crippen LogP contribution in [0.4, 0.5) is 4.79 Å². The number of carbonyl (C=O) groups excluding carboxylic acids is 1. The number of carbonyl (C=O) groups is 2. The zero-order chi connectivity index (χ0) is 13.6. The van der Waals surface area contributed by atoms with Crippen molar-refractivity contribution >= 4 is 12.1 Å². The number of hydrogen-bond acceptors (Lipinski definition) is 3. The van der Waals surface area contributed by atoms with Crippen LogP contribution >= 0.6 is 0 Å². The zero-order valence-corrected chi connectivity index (χ0v) is 11.0. The SMILES string of the molecule is CC(C)[C@@H](/C=C/C(=O)O)NC(=O)OC(C)(C)C. The molecule has 0 aliphatic rings. The van der Waals surface area contributed by atoms with Crippen LogP contribution in [0.1, 0.15) is 34.6 Å². The van der Waals surface area contributed by atoms with Crippen molar-refractivity contribution in [3.05, 3.63) is 12.2 Å². The van der Waals surface area contributed by atoms with Gasteiger partial charge in [-0.3, -0.25) is 0 Å². The quantitative estimate of drug-likeness (QED) is 0.742. The van der Waals surface area contributed by atoms with Gasteiger partial charge in [0.05, 0.1) is 6.04 Å². The van der Waals surface area contributed by atoms with E-state index in [9.17, 15) is 9.59 Å². The lowest BCUT2D eigenvalue weighted by Gasteiger charge is -2.23. The van der Waals surface area contributed by atoms with Gasteiger partial charge in [-0.05, 0) is 26.7 Å². The highest BCUT2D eigenvalue weighted by molar-refractivity contribution is 5.80. The van der Waals surface area contributed by atoms with E-state index < -0.39 is 17.7 Å². The molecule has 0 aromatic heterocycles. The molecular formula is C12H21NO4. The molecule has 17 heavy (non-hydrogen) atoms. The first kappa shape index (κ1) is 15.5. The summed E-state index contributed by atoms with van der Waals surface area (Å²) in [5, 5.41) is 11.2. The largest absolute Gasteiger partial charge is 0.478 e. The number of carboxylic acids is 1. The summed E-state index contributed by atoms with van der Waals surface area (Å²) in [6.07, 6.45) is 1.91. The van der Waals surface area contributed by atoms with Crippen LogP contribution < -0.4 is 5.32 Å². The van der Waals surface area contributed by atoms with Gasteiger partial charge in [-0.15, -0.1) is 0 Å². The number of nitrogens with one attached hydrogen (secondary N) is 1. The maximum Gasteiger partial charge on any atom is 0.408 e. The third-order valence-corrected chi connectivity index (χ3v) is 1.85. The number of alkyl carbamates (subject to hydrolysis) is 1. The zero-order valence-electron chi connectivity index (χ0n) is 11.0. The van der Waals surface area contributed by atoms with Crippen molar-refractivity contribution in [2.75, 3.05) is 0 Å². The van der Waals surface area contributed by atoms with Gasteiger partial charge in [-0.1, -0.05) is 19.9 Å². The molecule has 2 N–H and O–H groups in total. The standard InChI is InChI=1S/C12H21NO4/c1-8(2)9(6-7-10(14)15)13-11(16)17-12(3,4)5/h6-9H,1-5H3,(H,13,16)(H,14,15)/b7-6+/t9-/m1/s1. The van der Waals surface area contributed by atoms with Crippen LogP contribution in [0, 0.1) is 5.92 Å². The Morgan fingerprint density at radius 3 is 2.18 bits per heavy atom. The average molecular weight is 243 g/mol. The van der Waals surface area contributed by atoms with Gasteiger partial charge in [-0.2, -0.15) is 0 Å². The molecule has 0 unspecified atom stereocenters. The van der Waals surface area contributed by atoms with Gasteiger partial charge in [0.1, 0.15) is 5.60 Å². The van der Waals surface area contributed by atoms with Crippen molar-refractivity contribution in [1.82, 2.24) is 5.32 Å². The van der Waals surface area contributed by atoms with Crippen molar-refractivity contribution in [1.29, 1.82) is 0 Å². The van der Waals surface area contributed by atoms with Crippen molar-refractivity contribution in [2.24, 2.45) is 5.92 Å². The van der Waals surface area contributed by atoms with E-state index in [1.807, 2.05) is 13.8 Å². The number of amides is 1. The molecule has 0 rings (SSSR count). The molecule has 0 aromatic rings. The molecule has 5 heteroatoms. The molecule has 0 spiro atoms. The summed E-state index contributed by atoms with van der Waals surface area (Å²) < 4.78 is 5.09. The van der Waals surface area contributed by atoms with Crippen LogP contribution in [0.15, 0.2) is 12.2 Å². The molecule has 5 nitrogen and oxygen atoms in total. The molecule has 0 aliphatic carbocycles. The second-order valence-corrected chi connectivity index (χ2v) is 5.11. The van der Waals surface area contributed by atoms with E-state index in [4.69, 9.17) is 9.84 Å². The summed E-state index contributed by atoms with van der Waals surface area (Å²) in [6.45, 7) is 9.07. The smallest absolute Gasteiger partial charge is 0.408 e.